The second-order valence-electron chi connectivity index (χ2n) is 1.43. The number of thiocyanates is 1. The summed E-state index contributed by atoms with van der Waals surface area (Å²) in [5, 5.41) is 8.47. The van der Waals surface area contributed by atoms with Crippen LogP contribution in [-0.2, 0) is 22.2 Å². The molecule has 0 radical (unpaired) electrons. The number of hydrogen-bond donors (Lipinski definition) is 0. The van der Waals surface area contributed by atoms with Crippen LogP contribution < -0.4 is 0 Å². The maximum Gasteiger partial charge on any atom is 0.302 e. The predicted molar refractivity (Wildman–Crippen MR) is 39.9 cm³/mol. The van der Waals surface area contributed by atoms with Gasteiger partial charge in [-0.2, -0.15) is 0 Å². The number of carbonyl (C=O) groups is 1. The summed E-state index contributed by atoms with van der Waals surface area (Å²) in [5.74, 6) is -0.193. The van der Waals surface area contributed by atoms with Gasteiger partial charge >= 0.3 is 5.97 Å². The van der Waals surface area contributed by atoms with Crippen LogP contribution in [0.25, 0.3) is 0 Å². The van der Waals surface area contributed by atoms with Crippen LogP contribution in [0.1, 0.15) is 20.3 Å². The average Bonchev–Trinajstić information content (AvgIpc) is 1.85. The number of hydrogen-bond acceptors (Lipinski definition) is 4. The molecule has 0 saturated carbocycles. The summed E-state index contributed by atoms with van der Waals surface area (Å²) >= 11 is 3.70. The Labute approximate surface area is 66.4 Å². The molecule has 4 heteroatoms. The third kappa shape index (κ3) is 27.1. The van der Waals surface area contributed by atoms with E-state index < -0.39 is 0 Å². The fraction of sp³-hybridized carbons (Fsp3) is 0.667. The van der Waals surface area contributed by atoms with Gasteiger partial charge in [-0.3, -0.25) is 4.79 Å². The minimum absolute atomic E-state index is 0.193. The van der Waals surface area contributed by atoms with E-state index in [0.717, 1.165) is 6.42 Å². The van der Waals surface area contributed by atoms with Crippen LogP contribution >= 0.6 is 0 Å². The second-order valence-corrected chi connectivity index (χ2v) is 1.61. The molecule has 0 heterocycles. The van der Waals surface area contributed by atoms with Gasteiger partial charge in [0.1, 0.15) is 0 Å². The highest BCUT2D eigenvalue weighted by Gasteiger charge is 1.85. The van der Waals surface area contributed by atoms with E-state index >= 15 is 0 Å². The van der Waals surface area contributed by atoms with Crippen molar-refractivity contribution in [2.75, 3.05) is 6.61 Å². The first-order chi connectivity index (χ1) is 4.68. The Hall–Kier alpha value is -0.820. The Kier molecular flexibility index (Phi) is 13.2. The lowest BCUT2D eigenvalue weighted by Gasteiger charge is -1.93. The first kappa shape index (κ1) is 11.9. The highest BCUT2D eigenvalue weighted by Crippen LogP contribution is 1.78. The zero-order valence-electron chi connectivity index (χ0n) is 6.09. The molecule has 0 aromatic heterocycles. The molecule has 10 heavy (non-hydrogen) atoms. The molecular weight excluding hydrogens is 150 g/mol. The molecule has 0 rings (SSSR count). The first-order valence-corrected chi connectivity index (χ1v) is 3.24. The maximum absolute atomic E-state index is 9.98. The van der Waals surface area contributed by atoms with E-state index in [1.165, 1.54) is 12.3 Å². The van der Waals surface area contributed by atoms with Gasteiger partial charge in [-0.05, 0) is 6.42 Å². The van der Waals surface area contributed by atoms with Crippen LogP contribution in [-0.4, -0.2) is 12.6 Å². The summed E-state index contributed by atoms with van der Waals surface area (Å²) < 4.78 is 4.55. The topological polar surface area (TPSA) is 50.1 Å². The van der Waals surface area contributed by atoms with Gasteiger partial charge in [0.15, 0.2) is 0 Å². The van der Waals surface area contributed by atoms with Gasteiger partial charge in [-0.15, -0.1) is 0 Å². The van der Waals surface area contributed by atoms with E-state index in [9.17, 15) is 4.79 Å². The van der Waals surface area contributed by atoms with Crippen molar-refractivity contribution in [1.82, 2.24) is 0 Å². The minimum atomic E-state index is -0.193. The van der Waals surface area contributed by atoms with Gasteiger partial charge in [0.2, 0.25) is 0 Å². The molecule has 0 aliphatic rings. The summed E-state index contributed by atoms with van der Waals surface area (Å²) in [5.41, 5.74) is 0. The Balaban J connectivity index is 0. The lowest BCUT2D eigenvalue weighted by Crippen LogP contribution is -1.98. The zero-order chi connectivity index (χ0) is 8.41. The third-order valence-corrected chi connectivity index (χ3v) is 0.509. The number of nitrogens with zero attached hydrogens (tertiary/aromatic N) is 1. The highest BCUT2D eigenvalue weighted by molar-refractivity contribution is 7.64. The molecule has 0 aromatic rings. The van der Waals surface area contributed by atoms with Crippen molar-refractivity contribution < 1.29 is 9.53 Å². The largest absolute Gasteiger partial charge is 0.696 e. The molecule has 0 atom stereocenters. The van der Waals surface area contributed by atoms with Crippen molar-refractivity contribution in [3.05, 3.63) is 0 Å². The summed E-state index contributed by atoms with van der Waals surface area (Å²) in [6.07, 6.45) is 0.902. The van der Waals surface area contributed by atoms with E-state index in [1.54, 1.807) is 0 Å². The van der Waals surface area contributed by atoms with Gasteiger partial charge in [-0.25, -0.2) is 5.26 Å². The minimum Gasteiger partial charge on any atom is -0.696 e. The molecule has 0 aliphatic heterocycles. The van der Waals surface area contributed by atoms with Crippen LogP contribution in [0.4, 0.5) is 0 Å². The number of nitriles is 1. The van der Waals surface area contributed by atoms with E-state index in [1.807, 2.05) is 6.92 Å². The molecule has 0 aromatic carbocycles. The van der Waals surface area contributed by atoms with Gasteiger partial charge in [0, 0.05) is 6.92 Å². The van der Waals surface area contributed by atoms with E-state index in [-0.39, 0.29) is 5.97 Å². The summed E-state index contributed by atoms with van der Waals surface area (Å²) in [6.45, 7) is 3.92. The first-order valence-electron chi connectivity index (χ1n) is 2.83. The molecule has 58 valence electrons. The van der Waals surface area contributed by atoms with Crippen molar-refractivity contribution in [3.63, 3.8) is 0 Å². The van der Waals surface area contributed by atoms with E-state index in [0.29, 0.717) is 6.61 Å². The van der Waals surface area contributed by atoms with Crippen LogP contribution in [0.2, 0.25) is 0 Å². The summed E-state index contributed by atoms with van der Waals surface area (Å²) in [7, 11) is 0. The molecule has 0 N–H and O–H groups in total. The van der Waals surface area contributed by atoms with Gasteiger partial charge in [-0.1, -0.05) is 12.3 Å². The van der Waals surface area contributed by atoms with Gasteiger partial charge in [0.25, 0.3) is 0 Å². The molecule has 0 unspecified atom stereocenters. The van der Waals surface area contributed by atoms with Gasteiger partial charge in [0.05, 0.1) is 6.61 Å². The van der Waals surface area contributed by atoms with Crippen LogP contribution in [0.3, 0.4) is 0 Å². The maximum atomic E-state index is 9.98. The lowest BCUT2D eigenvalue weighted by molar-refractivity contribution is -0.140. The number of carbonyl (C=O) groups excluding carboxylic acids is 1. The van der Waals surface area contributed by atoms with Crippen LogP contribution in [0, 0.1) is 10.7 Å². The fourth-order valence-electron chi connectivity index (χ4n) is 0.246. The predicted octanol–water partition coefficient (Wildman–Crippen LogP) is 0.974. The molecule has 0 aliphatic carbocycles. The Morgan fingerprint density at radius 2 is 2.20 bits per heavy atom. The smallest absolute Gasteiger partial charge is 0.302 e. The Bertz CT molecular complexity index is 119. The monoisotopic (exact) mass is 160 g/mol. The third-order valence-electron chi connectivity index (χ3n) is 0.509. The van der Waals surface area contributed by atoms with Gasteiger partial charge < -0.3 is 17.4 Å². The quantitative estimate of drug-likeness (QED) is 0.343. The summed E-state index contributed by atoms with van der Waals surface area (Å²) in [6, 6.07) is 0. The van der Waals surface area contributed by atoms with Crippen LogP contribution in [0.15, 0.2) is 0 Å². The van der Waals surface area contributed by atoms with Crippen molar-refractivity contribution in [1.29, 1.82) is 5.26 Å². The summed E-state index contributed by atoms with van der Waals surface area (Å²) in [4.78, 5) is 9.98. The molecular formula is C6H10NO2S-. The zero-order valence-corrected chi connectivity index (χ0v) is 6.90. The Morgan fingerprint density at radius 1 is 1.80 bits per heavy atom. The normalized spacial score (nSPS) is 6.50. The van der Waals surface area contributed by atoms with E-state index in [4.69, 9.17) is 5.26 Å². The van der Waals surface area contributed by atoms with Crippen molar-refractivity contribution in [2.24, 2.45) is 0 Å². The second kappa shape index (κ2) is 11.0. The molecule has 3 nitrogen and oxygen atoms in total. The molecule has 0 spiro atoms. The molecule has 0 bridgehead atoms. The molecule has 0 saturated heterocycles. The SMILES string of the molecule is CCCOC(C)=O.N#C[S-]. The number of ether oxygens (including phenoxy) is 1. The van der Waals surface area contributed by atoms with Crippen LogP contribution in [0.5, 0.6) is 0 Å². The fourth-order valence-corrected chi connectivity index (χ4v) is 0.246. The highest BCUT2D eigenvalue weighted by atomic mass is 32.1. The molecule has 0 fully saturated rings. The number of esters is 1. The van der Waals surface area contributed by atoms with Crippen molar-refractivity contribution in [3.8, 4) is 5.40 Å². The van der Waals surface area contributed by atoms with Crippen molar-refractivity contribution in [2.45, 2.75) is 20.3 Å². The average molecular weight is 160 g/mol. The van der Waals surface area contributed by atoms with Crippen molar-refractivity contribution >= 4 is 18.6 Å². The van der Waals surface area contributed by atoms with E-state index in [2.05, 4.69) is 17.4 Å². The number of rotatable bonds is 2. The lowest BCUT2D eigenvalue weighted by atomic mass is 10.5. The molecule has 0 amide bonds. The standard InChI is InChI=1S/C5H10O2.CHNS/c1-3-4-7-5(2)6;2-1-3/h3-4H2,1-2H3;3H/p-1. The Morgan fingerprint density at radius 3 is 2.30 bits per heavy atom.